The van der Waals surface area contributed by atoms with E-state index in [1.165, 1.54) is 6.92 Å². The van der Waals surface area contributed by atoms with Crippen molar-refractivity contribution in [1.29, 1.82) is 0 Å². The number of likely N-dealkylation sites (tertiary alicyclic amines) is 1. The standard InChI is InChI=1S/C23H25F3N4O2/c1-13-10-19(23(24,25)26)30-20(27-13)11-17(28-30)15-6-5-9-29(12-15)22(31)21-14(2)32-18-8-4-3-7-16(18)21/h10-11,15H,3-9,12H2,1-2H3/t15-/m1/s1. The van der Waals surface area contributed by atoms with Gasteiger partial charge < -0.3 is 9.32 Å². The number of carbonyl (C=O) groups is 1. The zero-order valence-corrected chi connectivity index (χ0v) is 18.1. The van der Waals surface area contributed by atoms with Crippen molar-refractivity contribution in [2.24, 2.45) is 0 Å². The van der Waals surface area contributed by atoms with Crippen molar-refractivity contribution in [2.75, 3.05) is 13.1 Å². The number of fused-ring (bicyclic) bond motifs is 2. The quantitative estimate of drug-likeness (QED) is 0.564. The maximum atomic E-state index is 13.5. The SMILES string of the molecule is Cc1cc(C(F)(F)F)n2nc([C@@H]3CCCN(C(=O)c4c(C)oc5c4CCCC5)C3)cc2n1. The average Bonchev–Trinajstić information content (AvgIpc) is 3.32. The predicted octanol–water partition coefficient (Wildman–Crippen LogP) is 4.86. The number of hydrogen-bond acceptors (Lipinski definition) is 4. The molecule has 1 saturated heterocycles. The number of alkyl halides is 3. The molecule has 4 heterocycles. The molecule has 1 fully saturated rings. The van der Waals surface area contributed by atoms with Gasteiger partial charge in [0.15, 0.2) is 5.65 Å². The highest BCUT2D eigenvalue weighted by molar-refractivity contribution is 5.97. The lowest BCUT2D eigenvalue weighted by Crippen LogP contribution is -2.39. The molecule has 1 atom stereocenters. The van der Waals surface area contributed by atoms with Crippen LogP contribution in [-0.4, -0.2) is 38.5 Å². The molecule has 32 heavy (non-hydrogen) atoms. The van der Waals surface area contributed by atoms with Gasteiger partial charge in [0, 0.05) is 42.8 Å². The van der Waals surface area contributed by atoms with Crippen molar-refractivity contribution in [3.05, 3.63) is 51.9 Å². The average molecular weight is 446 g/mol. The molecular formula is C23H25F3N4O2. The van der Waals surface area contributed by atoms with Crippen molar-refractivity contribution in [2.45, 2.75) is 64.5 Å². The van der Waals surface area contributed by atoms with E-state index in [0.717, 1.165) is 60.4 Å². The molecule has 3 aromatic rings. The van der Waals surface area contributed by atoms with E-state index in [4.69, 9.17) is 4.42 Å². The van der Waals surface area contributed by atoms with Gasteiger partial charge in [0.25, 0.3) is 5.91 Å². The number of halogens is 3. The number of rotatable bonds is 2. The summed E-state index contributed by atoms with van der Waals surface area (Å²) in [5, 5.41) is 4.27. The minimum atomic E-state index is -4.53. The summed E-state index contributed by atoms with van der Waals surface area (Å²) in [5.74, 6) is 1.39. The van der Waals surface area contributed by atoms with Gasteiger partial charge >= 0.3 is 6.18 Å². The zero-order chi connectivity index (χ0) is 22.6. The highest BCUT2D eigenvalue weighted by Crippen LogP contribution is 2.34. The molecule has 1 amide bonds. The Balaban J connectivity index is 1.44. The van der Waals surface area contributed by atoms with Gasteiger partial charge in [-0.1, -0.05) is 0 Å². The van der Waals surface area contributed by atoms with Crippen LogP contribution in [0.25, 0.3) is 5.65 Å². The van der Waals surface area contributed by atoms with E-state index in [0.29, 0.717) is 30.1 Å². The summed E-state index contributed by atoms with van der Waals surface area (Å²) >= 11 is 0. The highest BCUT2D eigenvalue weighted by Gasteiger charge is 2.36. The van der Waals surface area contributed by atoms with Gasteiger partial charge in [0.05, 0.1) is 11.3 Å². The second-order valence-corrected chi connectivity index (χ2v) is 8.85. The summed E-state index contributed by atoms with van der Waals surface area (Å²) in [4.78, 5) is 19.4. The van der Waals surface area contributed by atoms with Crippen molar-refractivity contribution < 1.29 is 22.4 Å². The first-order valence-corrected chi connectivity index (χ1v) is 11.1. The topological polar surface area (TPSA) is 63.6 Å². The zero-order valence-electron chi connectivity index (χ0n) is 18.1. The van der Waals surface area contributed by atoms with Crippen molar-refractivity contribution in [1.82, 2.24) is 19.5 Å². The third-order valence-corrected chi connectivity index (χ3v) is 6.55. The molecule has 9 heteroatoms. The Morgan fingerprint density at radius 2 is 1.94 bits per heavy atom. The molecule has 0 bridgehead atoms. The number of furan rings is 1. The first kappa shape index (κ1) is 21.0. The second-order valence-electron chi connectivity index (χ2n) is 8.85. The fraction of sp³-hybridized carbons (Fsp3) is 0.522. The van der Waals surface area contributed by atoms with Crippen LogP contribution in [0, 0.1) is 13.8 Å². The summed E-state index contributed by atoms with van der Waals surface area (Å²) in [7, 11) is 0. The fourth-order valence-electron chi connectivity index (χ4n) is 5.06. The molecule has 0 radical (unpaired) electrons. The van der Waals surface area contributed by atoms with Gasteiger partial charge in [-0.25, -0.2) is 9.50 Å². The van der Waals surface area contributed by atoms with Crippen LogP contribution in [0.4, 0.5) is 13.2 Å². The van der Waals surface area contributed by atoms with E-state index in [-0.39, 0.29) is 23.2 Å². The first-order valence-electron chi connectivity index (χ1n) is 11.1. The van der Waals surface area contributed by atoms with Crippen LogP contribution in [0.15, 0.2) is 16.5 Å². The third-order valence-electron chi connectivity index (χ3n) is 6.55. The number of carbonyl (C=O) groups excluding carboxylic acids is 1. The third kappa shape index (κ3) is 3.57. The summed E-state index contributed by atoms with van der Waals surface area (Å²) in [6.07, 6.45) is 0.828. The van der Waals surface area contributed by atoms with Gasteiger partial charge in [0.1, 0.15) is 17.2 Å². The van der Waals surface area contributed by atoms with Crippen molar-refractivity contribution in [3.8, 4) is 0 Å². The molecule has 2 aliphatic rings. The molecule has 0 unspecified atom stereocenters. The van der Waals surface area contributed by atoms with Gasteiger partial charge in [-0.2, -0.15) is 18.3 Å². The molecule has 0 saturated carbocycles. The van der Waals surface area contributed by atoms with Gasteiger partial charge in [-0.05, 0) is 52.0 Å². The van der Waals surface area contributed by atoms with Crippen molar-refractivity contribution in [3.63, 3.8) is 0 Å². The highest BCUT2D eigenvalue weighted by atomic mass is 19.4. The Labute approximate surface area is 183 Å². The smallest absolute Gasteiger partial charge is 0.433 e. The Hall–Kier alpha value is -2.84. The molecule has 3 aromatic heterocycles. The van der Waals surface area contributed by atoms with Crippen LogP contribution in [0.1, 0.15) is 76.1 Å². The van der Waals surface area contributed by atoms with E-state index in [1.807, 2.05) is 6.92 Å². The Bertz CT molecular complexity index is 1190. The van der Waals surface area contributed by atoms with Crippen LogP contribution in [0.2, 0.25) is 0 Å². The lowest BCUT2D eigenvalue weighted by molar-refractivity contribution is -0.142. The predicted molar refractivity (Wildman–Crippen MR) is 111 cm³/mol. The van der Waals surface area contributed by atoms with E-state index >= 15 is 0 Å². The van der Waals surface area contributed by atoms with E-state index in [1.54, 1.807) is 11.0 Å². The van der Waals surface area contributed by atoms with Gasteiger partial charge in [-0.3, -0.25) is 4.79 Å². The number of piperidine rings is 1. The van der Waals surface area contributed by atoms with Crippen LogP contribution in [0.3, 0.4) is 0 Å². The number of hydrogen-bond donors (Lipinski definition) is 0. The Morgan fingerprint density at radius 1 is 1.16 bits per heavy atom. The first-order chi connectivity index (χ1) is 15.2. The monoisotopic (exact) mass is 446 g/mol. The van der Waals surface area contributed by atoms with E-state index in [2.05, 4.69) is 10.1 Å². The number of aryl methyl sites for hydroxylation is 3. The summed E-state index contributed by atoms with van der Waals surface area (Å²) in [6, 6.07) is 2.62. The van der Waals surface area contributed by atoms with Gasteiger partial charge in [-0.15, -0.1) is 0 Å². The van der Waals surface area contributed by atoms with E-state index in [9.17, 15) is 18.0 Å². The van der Waals surface area contributed by atoms with Crippen LogP contribution in [0.5, 0.6) is 0 Å². The minimum absolute atomic E-state index is 0.0483. The number of nitrogens with zero attached hydrogens (tertiary/aromatic N) is 4. The largest absolute Gasteiger partial charge is 0.465 e. The normalized spacial score (nSPS) is 19.4. The molecule has 6 nitrogen and oxygen atoms in total. The molecular weight excluding hydrogens is 421 g/mol. The molecule has 1 aliphatic carbocycles. The van der Waals surface area contributed by atoms with E-state index < -0.39 is 11.9 Å². The summed E-state index contributed by atoms with van der Waals surface area (Å²) in [5.41, 5.74) is 1.87. The fourth-order valence-corrected chi connectivity index (χ4v) is 5.06. The Morgan fingerprint density at radius 3 is 2.72 bits per heavy atom. The number of amides is 1. The Kier molecular flexibility index (Phi) is 5.02. The second kappa shape index (κ2) is 7.64. The molecule has 170 valence electrons. The lowest BCUT2D eigenvalue weighted by atomic mass is 9.92. The minimum Gasteiger partial charge on any atom is -0.465 e. The molecule has 0 aromatic carbocycles. The maximum absolute atomic E-state index is 13.5. The molecule has 0 N–H and O–H groups in total. The van der Waals surface area contributed by atoms with Crippen LogP contribution >= 0.6 is 0 Å². The van der Waals surface area contributed by atoms with Gasteiger partial charge in [0.2, 0.25) is 0 Å². The maximum Gasteiger partial charge on any atom is 0.433 e. The molecule has 0 spiro atoms. The van der Waals surface area contributed by atoms with Crippen LogP contribution < -0.4 is 0 Å². The van der Waals surface area contributed by atoms with Crippen LogP contribution in [-0.2, 0) is 19.0 Å². The molecule has 1 aliphatic heterocycles. The summed E-state index contributed by atoms with van der Waals surface area (Å²) in [6.45, 7) is 4.41. The summed E-state index contributed by atoms with van der Waals surface area (Å²) < 4.78 is 47.3. The number of aromatic nitrogens is 3. The lowest BCUT2D eigenvalue weighted by Gasteiger charge is -2.32. The molecule has 5 rings (SSSR count). The van der Waals surface area contributed by atoms with Crippen molar-refractivity contribution >= 4 is 11.6 Å².